The summed E-state index contributed by atoms with van der Waals surface area (Å²) in [5.74, 6) is -0.874. The molecule has 1 unspecified atom stereocenters. The molecular weight excluding hydrogens is 178 g/mol. The molecule has 3 nitrogen and oxygen atoms in total. The Labute approximate surface area is 76.6 Å². The third-order valence-corrected chi connectivity index (χ3v) is 2.25. The first-order valence-corrected chi connectivity index (χ1v) is 4.38. The van der Waals surface area contributed by atoms with Gasteiger partial charge in [0.1, 0.15) is 0 Å². The molecule has 1 aliphatic rings. The lowest BCUT2D eigenvalue weighted by molar-refractivity contribution is -0.141. The number of likely N-dealkylation sites (tertiary alicyclic amines) is 1. The zero-order chi connectivity index (χ0) is 8.97. The maximum absolute atomic E-state index is 10.6. The predicted octanol–water partition coefficient (Wildman–Crippen LogP) is 1.15. The summed E-state index contributed by atoms with van der Waals surface area (Å²) in [5.41, 5.74) is 1.47. The monoisotopic (exact) mass is 189 g/mol. The van der Waals surface area contributed by atoms with Gasteiger partial charge >= 0.3 is 5.97 Å². The first-order valence-electron chi connectivity index (χ1n) is 3.94. The fourth-order valence-electron chi connectivity index (χ4n) is 1.39. The SMILES string of the molecule is O=C(O)C1CCN(CC=CCl)C1. The van der Waals surface area contributed by atoms with Gasteiger partial charge in [0.25, 0.3) is 0 Å². The number of halogens is 1. The van der Waals surface area contributed by atoms with Crippen LogP contribution >= 0.6 is 11.6 Å². The highest BCUT2D eigenvalue weighted by Gasteiger charge is 2.26. The molecule has 1 saturated heterocycles. The molecule has 68 valence electrons. The number of hydrogen-bond acceptors (Lipinski definition) is 2. The Balaban J connectivity index is 2.30. The fourth-order valence-corrected chi connectivity index (χ4v) is 1.47. The van der Waals surface area contributed by atoms with E-state index in [1.165, 1.54) is 5.54 Å². The second-order valence-corrected chi connectivity index (χ2v) is 3.20. The van der Waals surface area contributed by atoms with E-state index in [0.717, 1.165) is 19.5 Å². The summed E-state index contributed by atoms with van der Waals surface area (Å²) < 4.78 is 0. The number of carboxylic acids is 1. The minimum atomic E-state index is -0.688. The first kappa shape index (κ1) is 9.55. The summed E-state index contributed by atoms with van der Waals surface area (Å²) in [6.07, 6.45) is 2.58. The van der Waals surface area contributed by atoms with Gasteiger partial charge in [-0.25, -0.2) is 0 Å². The second kappa shape index (κ2) is 4.48. The summed E-state index contributed by atoms with van der Waals surface area (Å²) in [6, 6.07) is 0. The first-order chi connectivity index (χ1) is 5.74. The highest BCUT2D eigenvalue weighted by atomic mass is 35.5. The smallest absolute Gasteiger partial charge is 0.307 e. The molecule has 0 spiro atoms. The molecule has 0 radical (unpaired) electrons. The van der Waals surface area contributed by atoms with E-state index >= 15 is 0 Å². The molecule has 1 aliphatic heterocycles. The van der Waals surface area contributed by atoms with E-state index in [2.05, 4.69) is 4.90 Å². The maximum Gasteiger partial charge on any atom is 0.307 e. The quantitative estimate of drug-likeness (QED) is 0.724. The Morgan fingerprint density at radius 2 is 2.50 bits per heavy atom. The lowest BCUT2D eigenvalue weighted by atomic mass is 10.1. The molecule has 1 N–H and O–H groups in total. The molecule has 1 fully saturated rings. The van der Waals surface area contributed by atoms with Gasteiger partial charge in [0, 0.05) is 18.6 Å². The molecule has 1 heterocycles. The normalized spacial score (nSPS) is 25.2. The summed E-state index contributed by atoms with van der Waals surface area (Å²) in [5, 5.41) is 8.69. The van der Waals surface area contributed by atoms with E-state index < -0.39 is 5.97 Å². The molecule has 1 atom stereocenters. The standard InChI is InChI=1S/C8H12ClNO2/c9-3-1-4-10-5-2-7(6-10)8(11)12/h1,3,7H,2,4-6H2,(H,11,12). The van der Waals surface area contributed by atoms with Crippen molar-refractivity contribution in [2.75, 3.05) is 19.6 Å². The van der Waals surface area contributed by atoms with Gasteiger partial charge in [0.05, 0.1) is 5.92 Å². The number of rotatable bonds is 3. The predicted molar refractivity (Wildman–Crippen MR) is 47.2 cm³/mol. The van der Waals surface area contributed by atoms with Crippen LogP contribution in [0.4, 0.5) is 0 Å². The highest BCUT2D eigenvalue weighted by molar-refractivity contribution is 6.25. The van der Waals surface area contributed by atoms with Crippen LogP contribution in [0.1, 0.15) is 6.42 Å². The minimum Gasteiger partial charge on any atom is -0.481 e. The lowest BCUT2D eigenvalue weighted by Gasteiger charge is -2.10. The van der Waals surface area contributed by atoms with E-state index in [9.17, 15) is 4.79 Å². The Bertz CT molecular complexity index is 193. The van der Waals surface area contributed by atoms with Crippen molar-refractivity contribution in [2.45, 2.75) is 6.42 Å². The van der Waals surface area contributed by atoms with E-state index in [1.54, 1.807) is 0 Å². The number of carbonyl (C=O) groups is 1. The molecular formula is C8H12ClNO2. The largest absolute Gasteiger partial charge is 0.481 e. The fraction of sp³-hybridized carbons (Fsp3) is 0.625. The molecule has 0 aromatic carbocycles. The molecule has 1 rings (SSSR count). The molecule has 0 amide bonds. The second-order valence-electron chi connectivity index (χ2n) is 2.95. The molecule has 0 aliphatic carbocycles. The number of hydrogen-bond donors (Lipinski definition) is 1. The zero-order valence-electron chi connectivity index (χ0n) is 6.74. The minimum absolute atomic E-state index is 0.186. The van der Waals surface area contributed by atoms with Crippen molar-refractivity contribution in [2.24, 2.45) is 5.92 Å². The lowest BCUT2D eigenvalue weighted by Crippen LogP contribution is -2.23. The Morgan fingerprint density at radius 1 is 1.75 bits per heavy atom. The molecule has 0 bridgehead atoms. The van der Waals surface area contributed by atoms with Crippen LogP contribution in [0.25, 0.3) is 0 Å². The van der Waals surface area contributed by atoms with Crippen molar-refractivity contribution in [1.29, 1.82) is 0 Å². The molecule has 0 aromatic rings. The Morgan fingerprint density at radius 3 is 3.00 bits per heavy atom. The van der Waals surface area contributed by atoms with Crippen molar-refractivity contribution in [3.05, 3.63) is 11.6 Å². The van der Waals surface area contributed by atoms with Crippen molar-refractivity contribution in [1.82, 2.24) is 4.90 Å². The number of aliphatic carboxylic acids is 1. The summed E-state index contributed by atoms with van der Waals surface area (Å²) in [4.78, 5) is 12.6. The van der Waals surface area contributed by atoms with Gasteiger partial charge in [0.15, 0.2) is 0 Å². The van der Waals surface area contributed by atoms with Crippen molar-refractivity contribution in [3.63, 3.8) is 0 Å². The molecule has 0 saturated carbocycles. The van der Waals surface area contributed by atoms with Gasteiger partial charge in [0.2, 0.25) is 0 Å². The molecule has 4 heteroatoms. The summed E-state index contributed by atoms with van der Waals surface area (Å²) >= 11 is 5.36. The van der Waals surface area contributed by atoms with Gasteiger partial charge in [-0.3, -0.25) is 9.69 Å². The Hall–Kier alpha value is -0.540. The van der Waals surface area contributed by atoms with Gasteiger partial charge in [-0.15, -0.1) is 0 Å². The van der Waals surface area contributed by atoms with Crippen molar-refractivity contribution >= 4 is 17.6 Å². The average Bonchev–Trinajstić information content (AvgIpc) is 2.48. The third kappa shape index (κ3) is 2.50. The van der Waals surface area contributed by atoms with Crippen LogP contribution in [0.15, 0.2) is 11.6 Å². The van der Waals surface area contributed by atoms with Crippen LogP contribution in [0.3, 0.4) is 0 Å². The van der Waals surface area contributed by atoms with Crippen LogP contribution < -0.4 is 0 Å². The molecule has 12 heavy (non-hydrogen) atoms. The van der Waals surface area contributed by atoms with Gasteiger partial charge in [-0.05, 0) is 13.0 Å². The van der Waals surface area contributed by atoms with E-state index in [-0.39, 0.29) is 5.92 Å². The summed E-state index contributed by atoms with van der Waals surface area (Å²) in [6.45, 7) is 2.27. The topological polar surface area (TPSA) is 40.5 Å². The van der Waals surface area contributed by atoms with Crippen molar-refractivity contribution < 1.29 is 9.90 Å². The van der Waals surface area contributed by atoms with E-state index in [0.29, 0.717) is 6.54 Å². The number of carboxylic acid groups (broad SMARTS) is 1. The van der Waals surface area contributed by atoms with Crippen LogP contribution in [0, 0.1) is 5.92 Å². The highest BCUT2D eigenvalue weighted by Crippen LogP contribution is 2.15. The maximum atomic E-state index is 10.6. The third-order valence-electron chi connectivity index (χ3n) is 2.07. The van der Waals surface area contributed by atoms with Gasteiger partial charge < -0.3 is 5.11 Å². The average molecular weight is 190 g/mol. The Kier molecular flexibility index (Phi) is 3.56. The zero-order valence-corrected chi connectivity index (χ0v) is 7.50. The number of nitrogens with zero attached hydrogens (tertiary/aromatic N) is 1. The van der Waals surface area contributed by atoms with Gasteiger partial charge in [-0.2, -0.15) is 0 Å². The summed E-state index contributed by atoms with van der Waals surface area (Å²) in [7, 11) is 0. The van der Waals surface area contributed by atoms with Crippen molar-refractivity contribution in [3.8, 4) is 0 Å². The van der Waals surface area contributed by atoms with Gasteiger partial charge in [-0.1, -0.05) is 17.7 Å². The van der Waals surface area contributed by atoms with Crippen LogP contribution in [-0.2, 0) is 4.79 Å². The van der Waals surface area contributed by atoms with Crippen LogP contribution in [0.5, 0.6) is 0 Å². The van der Waals surface area contributed by atoms with Crippen LogP contribution in [0.2, 0.25) is 0 Å². The van der Waals surface area contributed by atoms with Crippen LogP contribution in [-0.4, -0.2) is 35.6 Å². The molecule has 0 aromatic heterocycles. The van der Waals surface area contributed by atoms with E-state index in [4.69, 9.17) is 16.7 Å². The van der Waals surface area contributed by atoms with E-state index in [1.807, 2.05) is 6.08 Å².